The summed E-state index contributed by atoms with van der Waals surface area (Å²) in [5.74, 6) is 1.74. The molecule has 0 unspecified atom stereocenters. The first-order chi connectivity index (χ1) is 21.2. The molecular weight excluding hydrogens is 648 g/mol. The van der Waals surface area contributed by atoms with Crippen molar-refractivity contribution in [3.05, 3.63) is 65.4 Å². The highest BCUT2D eigenvalue weighted by Crippen LogP contribution is 2.32. The number of aromatic nitrogens is 5. The van der Waals surface area contributed by atoms with E-state index in [1.165, 1.54) is 24.3 Å². The van der Waals surface area contributed by atoms with Gasteiger partial charge in [0.05, 0.1) is 13.2 Å². The second kappa shape index (κ2) is 14.3. The van der Waals surface area contributed by atoms with Crippen LogP contribution in [0.25, 0.3) is 11.3 Å². The van der Waals surface area contributed by atoms with Crippen molar-refractivity contribution in [1.82, 2.24) is 25.4 Å². The van der Waals surface area contributed by atoms with E-state index in [1.807, 2.05) is 38.1 Å². The van der Waals surface area contributed by atoms with Crippen molar-refractivity contribution in [3.8, 4) is 28.6 Å². The van der Waals surface area contributed by atoms with E-state index in [0.717, 1.165) is 29.5 Å². The number of nitrogens with zero attached hydrogens (tertiary/aromatic N) is 5. The minimum absolute atomic E-state index is 0.0518. The van der Waals surface area contributed by atoms with Crippen molar-refractivity contribution in [2.75, 3.05) is 32.8 Å². The van der Waals surface area contributed by atoms with Crippen LogP contribution < -0.4 is 9.47 Å². The Morgan fingerprint density at radius 1 is 0.911 bits per heavy atom. The molecule has 4 aromatic rings. The number of nitrogens with one attached hydrogen (secondary N) is 1. The standard InChI is InChI=1S/C23H26N4O6S.C5H5ClN2O2S/c1-14-12-24-23(32-14)20-6-5-19(25-20)16-9-17(31-15(2)13-30-3)11-18(10-16)33-21-7-8-22(27-26-21)34(4,28)29;1-11(9,10)5-3-2-4(6)7-8-5/h5-11,14-15,25H,12-13H2,1-4H3;2-3H,1H3/t14-,15-;/m0./s1. The number of rotatable bonds is 10. The molecule has 240 valence electrons. The summed E-state index contributed by atoms with van der Waals surface area (Å²) in [5.41, 5.74) is 2.40. The Labute approximate surface area is 265 Å². The molecule has 0 fully saturated rings. The average Bonchev–Trinajstić information content (AvgIpc) is 3.62. The molecule has 1 N–H and O–H groups in total. The molecule has 45 heavy (non-hydrogen) atoms. The Balaban J connectivity index is 0.000000354. The van der Waals surface area contributed by atoms with Gasteiger partial charge in [-0.3, -0.25) is 0 Å². The fraction of sp³-hybridized carbons (Fsp3) is 0.321. The van der Waals surface area contributed by atoms with E-state index in [4.69, 9.17) is 30.5 Å². The van der Waals surface area contributed by atoms with Gasteiger partial charge in [0.1, 0.15) is 29.4 Å². The van der Waals surface area contributed by atoms with Gasteiger partial charge < -0.3 is 23.9 Å². The van der Waals surface area contributed by atoms with Crippen molar-refractivity contribution >= 4 is 37.2 Å². The summed E-state index contributed by atoms with van der Waals surface area (Å²) >= 11 is 5.39. The number of benzene rings is 1. The summed E-state index contributed by atoms with van der Waals surface area (Å²) < 4.78 is 67.6. The lowest BCUT2D eigenvalue weighted by molar-refractivity contribution is 0.0920. The molecule has 0 radical (unpaired) electrons. The third kappa shape index (κ3) is 9.68. The predicted molar refractivity (Wildman–Crippen MR) is 166 cm³/mol. The second-order valence-electron chi connectivity index (χ2n) is 9.99. The fourth-order valence-electron chi connectivity index (χ4n) is 3.85. The highest BCUT2D eigenvalue weighted by molar-refractivity contribution is 7.90. The monoisotopic (exact) mass is 678 g/mol. The van der Waals surface area contributed by atoms with Crippen LogP contribution in [0.4, 0.5) is 0 Å². The third-order valence-corrected chi connectivity index (χ3v) is 8.01. The molecule has 1 aromatic carbocycles. The number of aromatic amines is 1. The summed E-state index contributed by atoms with van der Waals surface area (Å²) in [6.45, 7) is 4.91. The quantitative estimate of drug-likeness (QED) is 0.256. The van der Waals surface area contributed by atoms with Crippen LogP contribution in [0.15, 0.2) is 69.6 Å². The zero-order valence-corrected chi connectivity index (χ0v) is 27.4. The molecule has 17 heteroatoms. The maximum absolute atomic E-state index is 11.6. The van der Waals surface area contributed by atoms with E-state index in [1.54, 1.807) is 13.2 Å². The molecule has 0 saturated heterocycles. The lowest BCUT2D eigenvalue weighted by Gasteiger charge is -2.16. The normalized spacial score (nSPS) is 15.3. The summed E-state index contributed by atoms with van der Waals surface area (Å²) in [7, 11) is -5.10. The van der Waals surface area contributed by atoms with E-state index in [9.17, 15) is 16.8 Å². The highest BCUT2D eigenvalue weighted by Gasteiger charge is 2.19. The van der Waals surface area contributed by atoms with E-state index in [-0.39, 0.29) is 33.3 Å². The van der Waals surface area contributed by atoms with Gasteiger partial charge in [-0.25, -0.2) is 21.8 Å². The number of ether oxygens (including phenoxy) is 4. The summed E-state index contributed by atoms with van der Waals surface area (Å²) in [6, 6.07) is 14.7. The number of halogens is 1. The number of methoxy groups -OCH3 is 1. The van der Waals surface area contributed by atoms with E-state index >= 15 is 0 Å². The van der Waals surface area contributed by atoms with Crippen LogP contribution in [0.2, 0.25) is 5.15 Å². The molecule has 0 bridgehead atoms. The first-order valence-electron chi connectivity index (χ1n) is 13.3. The van der Waals surface area contributed by atoms with Gasteiger partial charge in [-0.15, -0.1) is 20.4 Å². The van der Waals surface area contributed by atoms with Crippen molar-refractivity contribution < 1.29 is 35.8 Å². The zero-order valence-electron chi connectivity index (χ0n) is 25.0. The lowest BCUT2D eigenvalue weighted by atomic mass is 10.1. The van der Waals surface area contributed by atoms with Gasteiger partial charge in [-0.1, -0.05) is 11.6 Å². The molecular formula is C28H31ClN6O8S2. The molecule has 3 aromatic heterocycles. The first kappa shape index (κ1) is 33.8. The maximum atomic E-state index is 11.6. The molecule has 0 spiro atoms. The molecule has 14 nitrogen and oxygen atoms in total. The van der Waals surface area contributed by atoms with Crippen LogP contribution in [0.1, 0.15) is 19.5 Å². The second-order valence-corrected chi connectivity index (χ2v) is 14.3. The lowest BCUT2D eigenvalue weighted by Crippen LogP contribution is -2.17. The topological polar surface area (TPSA) is 185 Å². The number of hydrogen-bond donors (Lipinski definition) is 1. The molecule has 0 saturated carbocycles. The van der Waals surface area contributed by atoms with E-state index in [0.29, 0.717) is 30.5 Å². The summed E-state index contributed by atoms with van der Waals surface area (Å²) in [6.07, 6.45) is 1.99. The van der Waals surface area contributed by atoms with E-state index in [2.05, 4.69) is 30.4 Å². The highest BCUT2D eigenvalue weighted by atomic mass is 35.5. The Bertz CT molecular complexity index is 1870. The van der Waals surface area contributed by atoms with Crippen molar-refractivity contribution in [2.45, 2.75) is 36.1 Å². The van der Waals surface area contributed by atoms with Gasteiger partial charge >= 0.3 is 0 Å². The number of hydrogen-bond acceptors (Lipinski definition) is 13. The Hall–Kier alpha value is -4.12. The van der Waals surface area contributed by atoms with Crippen molar-refractivity contribution in [2.24, 2.45) is 4.99 Å². The van der Waals surface area contributed by atoms with Crippen LogP contribution in [0, 0.1) is 0 Å². The molecule has 2 atom stereocenters. The smallest absolute Gasteiger partial charge is 0.238 e. The molecule has 0 amide bonds. The maximum Gasteiger partial charge on any atom is 0.238 e. The van der Waals surface area contributed by atoms with Gasteiger partial charge in [-0.05, 0) is 56.3 Å². The number of sulfone groups is 2. The fourth-order valence-corrected chi connectivity index (χ4v) is 4.96. The Morgan fingerprint density at radius 2 is 1.56 bits per heavy atom. The SMILES string of the molecule is COC[C@H](C)Oc1cc(Oc2ccc(S(C)(=O)=O)nn2)cc(-c2ccc(C3=NC[C@H](C)O3)[nH]2)c1.CS(=O)(=O)c1ccc(Cl)nn1. The molecule has 0 aliphatic carbocycles. The van der Waals surface area contributed by atoms with Gasteiger partial charge in [-0.2, -0.15) is 0 Å². The summed E-state index contributed by atoms with van der Waals surface area (Å²) in [5, 5.41) is 14.3. The van der Waals surface area contributed by atoms with Crippen molar-refractivity contribution in [1.29, 1.82) is 0 Å². The summed E-state index contributed by atoms with van der Waals surface area (Å²) in [4.78, 5) is 7.74. The van der Waals surface area contributed by atoms with E-state index < -0.39 is 19.7 Å². The zero-order chi connectivity index (χ0) is 32.8. The minimum atomic E-state index is -3.45. The van der Waals surface area contributed by atoms with Crippen LogP contribution >= 0.6 is 11.6 Å². The molecule has 5 rings (SSSR count). The minimum Gasteiger partial charge on any atom is -0.488 e. The molecule has 4 heterocycles. The number of H-pyrrole nitrogens is 1. The largest absolute Gasteiger partial charge is 0.488 e. The Kier molecular flexibility index (Phi) is 10.7. The van der Waals surface area contributed by atoms with Gasteiger partial charge in [0.25, 0.3) is 0 Å². The van der Waals surface area contributed by atoms with Gasteiger partial charge in [0.2, 0.25) is 11.8 Å². The number of aliphatic imine (C=N–C) groups is 1. The van der Waals surface area contributed by atoms with Crippen LogP contribution in [0.5, 0.6) is 17.4 Å². The van der Waals surface area contributed by atoms with Gasteiger partial charge in [0.15, 0.2) is 34.9 Å². The molecule has 1 aliphatic rings. The van der Waals surface area contributed by atoms with Gasteiger partial charge in [0, 0.05) is 43.0 Å². The third-order valence-electron chi connectivity index (χ3n) is 5.86. The van der Waals surface area contributed by atoms with Crippen LogP contribution in [0.3, 0.4) is 0 Å². The Morgan fingerprint density at radius 3 is 2.11 bits per heavy atom. The first-order valence-corrected chi connectivity index (χ1v) is 17.5. The van der Waals surface area contributed by atoms with Crippen LogP contribution in [-0.2, 0) is 29.1 Å². The van der Waals surface area contributed by atoms with Crippen molar-refractivity contribution in [3.63, 3.8) is 0 Å². The van der Waals surface area contributed by atoms with Crippen LogP contribution in [-0.4, -0.2) is 93.1 Å². The molecule has 1 aliphatic heterocycles. The predicted octanol–water partition coefficient (Wildman–Crippen LogP) is 3.78. The average molecular weight is 679 g/mol.